The topological polar surface area (TPSA) is 16.6 Å². The van der Waals surface area contributed by atoms with E-state index in [0.717, 1.165) is 6.32 Å². The molecule has 0 unspecified atom stereocenters. The zero-order valence-corrected chi connectivity index (χ0v) is 19.1. The summed E-state index contributed by atoms with van der Waals surface area (Å²) >= 11 is 0. The van der Waals surface area contributed by atoms with E-state index in [1.807, 2.05) is 0 Å². The first-order chi connectivity index (χ1) is 15.7. The van der Waals surface area contributed by atoms with Gasteiger partial charge in [0.2, 0.25) is 0 Å². The number of benzene rings is 4. The Bertz CT molecular complexity index is 1040. The van der Waals surface area contributed by atoms with E-state index >= 15 is 0 Å². The lowest BCUT2D eigenvalue weighted by Crippen LogP contribution is -2.69. The Kier molecular flexibility index (Phi) is 7.04. The molecule has 0 atom stereocenters. The Labute approximate surface area is 192 Å². The zero-order chi connectivity index (χ0) is 22.2. The molecule has 2 N–H and O–H groups in total. The Morgan fingerprint density at radius 2 is 1.03 bits per heavy atom. The lowest BCUT2D eigenvalue weighted by atomic mass is 9.13. The van der Waals surface area contributed by atoms with Crippen LogP contribution in [0.15, 0.2) is 121 Å². The second-order valence-corrected chi connectivity index (χ2v) is 9.06. The van der Waals surface area contributed by atoms with Crippen LogP contribution in [-0.2, 0) is 0 Å². The fourth-order valence-electron chi connectivity index (χ4n) is 5.11. The van der Waals surface area contributed by atoms with E-state index in [-0.39, 0.29) is 0 Å². The zero-order valence-electron chi connectivity index (χ0n) is 19.1. The largest absolute Gasteiger partial charge is 0.287 e. The second kappa shape index (κ2) is 10.3. The summed E-state index contributed by atoms with van der Waals surface area (Å²) in [6.45, 7) is 4.65. The van der Waals surface area contributed by atoms with Crippen molar-refractivity contribution in [3.8, 4) is 0 Å². The average molecular weight is 417 g/mol. The third kappa shape index (κ3) is 4.76. The van der Waals surface area contributed by atoms with Gasteiger partial charge in [0.25, 0.3) is 0 Å². The molecule has 4 aromatic carbocycles. The molecule has 2 heteroatoms. The fraction of sp³-hybridized carbons (Fsp3) is 0.133. The molecule has 0 fully saturated rings. The normalized spacial score (nSPS) is 12.2. The van der Waals surface area contributed by atoms with E-state index in [0.29, 0.717) is 5.92 Å². The maximum absolute atomic E-state index is 2.32. The summed E-state index contributed by atoms with van der Waals surface area (Å²) in [4.78, 5) is 0. The second-order valence-electron chi connectivity index (χ2n) is 9.06. The molecule has 1 aliphatic heterocycles. The number of hydrogen-bond donors (Lipinski definition) is 1. The van der Waals surface area contributed by atoms with E-state index < -0.39 is 6.15 Å². The van der Waals surface area contributed by atoms with Crippen molar-refractivity contribution in [1.29, 1.82) is 0 Å². The van der Waals surface area contributed by atoms with E-state index in [9.17, 15) is 0 Å². The number of hydrogen-bond acceptors (Lipinski definition) is 0. The van der Waals surface area contributed by atoms with Crippen LogP contribution >= 0.6 is 0 Å². The highest BCUT2D eigenvalue weighted by atomic mass is 14.9. The summed E-state index contributed by atoms with van der Waals surface area (Å²) in [5.74, 6) is 0.621. The maximum Gasteiger partial charge on any atom is 0.141 e. The van der Waals surface area contributed by atoms with Crippen LogP contribution in [0.5, 0.6) is 0 Å². The van der Waals surface area contributed by atoms with E-state index in [2.05, 4.69) is 147 Å². The first-order valence-electron chi connectivity index (χ1n) is 11.6. The quantitative estimate of drug-likeness (QED) is 0.359. The molecule has 0 saturated carbocycles. The van der Waals surface area contributed by atoms with Crippen LogP contribution in [0, 0.1) is 5.92 Å². The summed E-state index contributed by atoms with van der Waals surface area (Å²) in [5.41, 5.74) is 6.95. The minimum Gasteiger partial charge on any atom is -0.287 e. The van der Waals surface area contributed by atoms with Gasteiger partial charge in [-0.3, -0.25) is 5.32 Å². The van der Waals surface area contributed by atoms with Crippen LogP contribution < -0.4 is 21.7 Å². The van der Waals surface area contributed by atoms with Crippen molar-refractivity contribution in [2.45, 2.75) is 20.2 Å². The SMILES string of the molecule is C1=Cc2ccccc2[NH2+]1.CC(C)C[B-](c1ccccc1)(c1ccccc1)c1ccccc1. The molecule has 4 aromatic rings. The van der Waals surface area contributed by atoms with Crippen molar-refractivity contribution >= 4 is 34.3 Å². The minimum absolute atomic E-state index is 0.621. The van der Waals surface area contributed by atoms with Gasteiger partial charge in [-0.25, -0.2) is 0 Å². The molecule has 0 radical (unpaired) electrons. The molecular formula is C30H32BN. The number of para-hydroxylation sites is 1. The molecular weight excluding hydrogens is 385 g/mol. The van der Waals surface area contributed by atoms with Crippen LogP contribution in [0.3, 0.4) is 0 Å². The summed E-state index contributed by atoms with van der Waals surface area (Å²) in [6, 6.07) is 41.4. The monoisotopic (exact) mass is 417 g/mol. The van der Waals surface area contributed by atoms with Crippen LogP contribution in [0.1, 0.15) is 19.4 Å². The molecule has 5 rings (SSSR count). The Balaban J connectivity index is 0.000000225. The van der Waals surface area contributed by atoms with Crippen molar-refractivity contribution < 1.29 is 5.32 Å². The third-order valence-electron chi connectivity index (χ3n) is 6.48. The van der Waals surface area contributed by atoms with Crippen LogP contribution in [0.2, 0.25) is 6.32 Å². The van der Waals surface area contributed by atoms with Crippen LogP contribution in [-0.4, -0.2) is 6.15 Å². The van der Waals surface area contributed by atoms with Gasteiger partial charge in [0.05, 0.1) is 12.3 Å². The third-order valence-corrected chi connectivity index (χ3v) is 6.48. The molecule has 1 aliphatic rings. The molecule has 160 valence electrons. The van der Waals surface area contributed by atoms with Gasteiger partial charge >= 0.3 is 0 Å². The number of nitrogens with two attached hydrogens (primary N) is 1. The van der Waals surface area contributed by atoms with E-state index in [4.69, 9.17) is 0 Å². The van der Waals surface area contributed by atoms with Gasteiger partial charge in [0, 0.05) is 17.7 Å². The maximum atomic E-state index is 2.32. The average Bonchev–Trinajstić information content (AvgIpc) is 3.33. The molecule has 1 heterocycles. The van der Waals surface area contributed by atoms with Gasteiger partial charge in [0.15, 0.2) is 0 Å². The molecule has 0 aromatic heterocycles. The van der Waals surface area contributed by atoms with Gasteiger partial charge < -0.3 is 0 Å². The molecule has 1 nitrogen and oxygen atoms in total. The first-order valence-corrected chi connectivity index (χ1v) is 11.6. The Morgan fingerprint density at radius 1 is 0.594 bits per heavy atom. The lowest BCUT2D eigenvalue weighted by molar-refractivity contribution is -0.491. The van der Waals surface area contributed by atoms with Gasteiger partial charge in [0.1, 0.15) is 5.69 Å². The highest BCUT2D eigenvalue weighted by Gasteiger charge is 2.30. The standard InChI is InChI=1S/C22H24B.C8H7N/c1-19(2)18-23(20-12-6-3-7-13-20,21-14-8-4-9-15-21)22-16-10-5-11-17-22;1-2-4-8-7(3-1)5-6-9-8/h3-17,19H,18H2,1-2H3;1-6,9H/q-1;/p+1. The first kappa shape index (κ1) is 21.9. The predicted molar refractivity (Wildman–Crippen MR) is 141 cm³/mol. The molecule has 0 amide bonds. The molecule has 32 heavy (non-hydrogen) atoms. The van der Waals surface area contributed by atoms with Gasteiger partial charge in [-0.2, -0.15) is 22.7 Å². The van der Waals surface area contributed by atoms with Crippen LogP contribution in [0.25, 0.3) is 6.08 Å². The molecule has 0 saturated heterocycles. The Hall–Kier alpha value is -3.36. The highest BCUT2D eigenvalue weighted by molar-refractivity contribution is 7.11. The highest BCUT2D eigenvalue weighted by Crippen LogP contribution is 2.18. The summed E-state index contributed by atoms with van der Waals surface area (Å²) in [6.07, 6.45) is 4.40. The summed E-state index contributed by atoms with van der Waals surface area (Å²) < 4.78 is 0. The number of rotatable bonds is 5. The van der Waals surface area contributed by atoms with Crippen molar-refractivity contribution in [3.63, 3.8) is 0 Å². The molecule has 0 aliphatic carbocycles. The fourth-order valence-corrected chi connectivity index (χ4v) is 5.11. The van der Waals surface area contributed by atoms with Gasteiger partial charge in [-0.1, -0.05) is 123 Å². The van der Waals surface area contributed by atoms with Crippen molar-refractivity contribution in [2.24, 2.45) is 5.92 Å². The van der Waals surface area contributed by atoms with Gasteiger partial charge in [-0.15, -0.1) is 0 Å². The van der Waals surface area contributed by atoms with Crippen LogP contribution in [0.4, 0.5) is 5.69 Å². The summed E-state index contributed by atoms with van der Waals surface area (Å²) in [7, 11) is 0. The van der Waals surface area contributed by atoms with Crippen molar-refractivity contribution in [2.75, 3.05) is 0 Å². The van der Waals surface area contributed by atoms with Crippen molar-refractivity contribution in [1.82, 2.24) is 0 Å². The van der Waals surface area contributed by atoms with E-state index in [1.165, 1.54) is 27.6 Å². The molecule has 0 bridgehead atoms. The number of fused-ring (bicyclic) bond motifs is 1. The predicted octanol–water partition coefficient (Wildman–Crippen LogP) is 4.68. The van der Waals surface area contributed by atoms with Crippen molar-refractivity contribution in [3.05, 3.63) is 127 Å². The number of quaternary nitrogens is 1. The minimum atomic E-state index is -0.949. The summed E-state index contributed by atoms with van der Waals surface area (Å²) in [5, 5.41) is 2.12. The van der Waals surface area contributed by atoms with E-state index in [1.54, 1.807) is 0 Å². The Morgan fingerprint density at radius 3 is 1.47 bits per heavy atom. The lowest BCUT2D eigenvalue weighted by Gasteiger charge is -2.44. The molecule has 0 spiro atoms. The smallest absolute Gasteiger partial charge is 0.141 e. The van der Waals surface area contributed by atoms with Gasteiger partial charge in [-0.05, 0) is 6.07 Å².